The van der Waals surface area contributed by atoms with Crippen molar-refractivity contribution in [3.63, 3.8) is 0 Å². The minimum atomic E-state index is -0.145. The van der Waals surface area contributed by atoms with Crippen molar-refractivity contribution in [1.82, 2.24) is 4.90 Å². The number of hydrogen-bond donors (Lipinski definition) is 1. The maximum atomic E-state index is 9.52. The predicted octanol–water partition coefficient (Wildman–Crippen LogP) is 1.48. The molecule has 0 saturated heterocycles. The van der Waals surface area contributed by atoms with Crippen molar-refractivity contribution in [3.05, 3.63) is 0 Å². The highest BCUT2D eigenvalue weighted by molar-refractivity contribution is 8.23. The van der Waals surface area contributed by atoms with Crippen LogP contribution < -0.4 is 0 Å². The van der Waals surface area contributed by atoms with E-state index in [-0.39, 0.29) is 6.10 Å². The van der Waals surface area contributed by atoms with E-state index in [1.165, 1.54) is 0 Å². The van der Waals surface area contributed by atoms with Crippen LogP contribution in [0.25, 0.3) is 0 Å². The van der Waals surface area contributed by atoms with E-state index in [0.717, 1.165) is 23.6 Å². The molecule has 2 atom stereocenters. The van der Waals surface area contributed by atoms with Crippen LogP contribution in [0.5, 0.6) is 0 Å². The molecule has 1 aliphatic carbocycles. The first-order valence-electron chi connectivity index (χ1n) is 4.17. The Labute approximate surface area is 83.3 Å². The molecule has 70 valence electrons. The Bertz CT molecular complexity index is 172. The molecule has 0 aliphatic heterocycles. The molecule has 1 N–H and O–H groups in total. The Hall–Kier alpha value is 0.200. The van der Waals surface area contributed by atoms with Gasteiger partial charge in [-0.25, -0.2) is 0 Å². The van der Waals surface area contributed by atoms with Crippen LogP contribution in [-0.4, -0.2) is 39.8 Å². The van der Waals surface area contributed by atoms with E-state index < -0.39 is 0 Å². The van der Waals surface area contributed by atoms with Gasteiger partial charge in [0, 0.05) is 19.3 Å². The molecule has 0 aromatic heterocycles. The second-order valence-corrected chi connectivity index (χ2v) is 5.19. The van der Waals surface area contributed by atoms with Crippen molar-refractivity contribution in [3.8, 4) is 0 Å². The molecular weight excluding hydrogens is 190 g/mol. The Kier molecular flexibility index (Phi) is 3.80. The van der Waals surface area contributed by atoms with Crippen molar-refractivity contribution in [2.75, 3.05) is 14.1 Å². The highest BCUT2D eigenvalue weighted by Crippen LogP contribution is 2.31. The summed E-state index contributed by atoms with van der Waals surface area (Å²) >= 11 is 6.78. The molecule has 0 aromatic rings. The zero-order chi connectivity index (χ0) is 9.14. The lowest BCUT2D eigenvalue weighted by Gasteiger charge is -2.18. The summed E-state index contributed by atoms with van der Waals surface area (Å²) < 4.78 is 0.876. The van der Waals surface area contributed by atoms with Gasteiger partial charge in [0.15, 0.2) is 0 Å². The third-order valence-corrected chi connectivity index (χ3v) is 4.11. The van der Waals surface area contributed by atoms with Crippen LogP contribution in [0.2, 0.25) is 0 Å². The van der Waals surface area contributed by atoms with Gasteiger partial charge in [0.25, 0.3) is 0 Å². The quantitative estimate of drug-likeness (QED) is 0.655. The van der Waals surface area contributed by atoms with Crippen LogP contribution >= 0.6 is 24.0 Å². The molecular formula is C8H15NOS2. The first-order chi connectivity index (χ1) is 5.61. The number of nitrogens with zero attached hydrogens (tertiary/aromatic N) is 1. The van der Waals surface area contributed by atoms with E-state index in [1.54, 1.807) is 11.8 Å². The minimum absolute atomic E-state index is 0.145. The van der Waals surface area contributed by atoms with E-state index >= 15 is 0 Å². The standard InChI is InChI=1S/C8H15NOS2/c1-9(2)8(11)12-7-5-3-4-6(7)10/h6-7,10H,3-5H2,1-2H3/t6-,7-/m1/s1. The van der Waals surface area contributed by atoms with Crippen molar-refractivity contribution in [2.24, 2.45) is 0 Å². The Morgan fingerprint density at radius 1 is 1.50 bits per heavy atom. The number of rotatable bonds is 1. The average Bonchev–Trinajstić information content (AvgIpc) is 2.36. The second-order valence-electron chi connectivity index (χ2n) is 3.31. The lowest BCUT2D eigenvalue weighted by molar-refractivity contribution is 0.188. The Morgan fingerprint density at radius 3 is 2.58 bits per heavy atom. The van der Waals surface area contributed by atoms with E-state index in [4.69, 9.17) is 12.2 Å². The van der Waals surface area contributed by atoms with E-state index in [2.05, 4.69) is 0 Å². The molecule has 1 saturated carbocycles. The van der Waals surface area contributed by atoms with Gasteiger partial charge < -0.3 is 10.0 Å². The predicted molar refractivity (Wildman–Crippen MR) is 57.5 cm³/mol. The summed E-state index contributed by atoms with van der Waals surface area (Å²) in [5, 5.41) is 9.85. The third-order valence-electron chi connectivity index (χ3n) is 2.04. The molecule has 0 amide bonds. The van der Waals surface area contributed by atoms with Gasteiger partial charge in [0.1, 0.15) is 4.32 Å². The first-order valence-corrected chi connectivity index (χ1v) is 5.46. The summed E-state index contributed by atoms with van der Waals surface area (Å²) in [6.07, 6.45) is 3.02. The van der Waals surface area contributed by atoms with Crippen LogP contribution in [0.1, 0.15) is 19.3 Å². The zero-order valence-corrected chi connectivity index (χ0v) is 9.12. The van der Waals surface area contributed by atoms with Crippen LogP contribution in [0.15, 0.2) is 0 Å². The molecule has 1 rings (SSSR count). The number of aliphatic hydroxyl groups is 1. The third kappa shape index (κ3) is 2.61. The summed E-state index contributed by atoms with van der Waals surface area (Å²) in [5.74, 6) is 0. The Morgan fingerprint density at radius 2 is 2.17 bits per heavy atom. The monoisotopic (exact) mass is 205 g/mol. The lowest BCUT2D eigenvalue weighted by Crippen LogP contribution is -2.23. The molecule has 0 unspecified atom stereocenters. The molecule has 0 aromatic carbocycles. The summed E-state index contributed by atoms with van der Waals surface area (Å²) in [5.41, 5.74) is 0. The smallest absolute Gasteiger partial charge is 0.136 e. The van der Waals surface area contributed by atoms with Gasteiger partial charge in [-0.2, -0.15) is 0 Å². The van der Waals surface area contributed by atoms with E-state index in [1.807, 2.05) is 19.0 Å². The van der Waals surface area contributed by atoms with Gasteiger partial charge in [-0.05, 0) is 19.3 Å². The summed E-state index contributed by atoms with van der Waals surface area (Å²) in [7, 11) is 3.88. The molecule has 2 nitrogen and oxygen atoms in total. The number of aliphatic hydroxyl groups excluding tert-OH is 1. The van der Waals surface area contributed by atoms with Gasteiger partial charge in [-0.1, -0.05) is 24.0 Å². The average molecular weight is 205 g/mol. The summed E-state index contributed by atoms with van der Waals surface area (Å²) in [6, 6.07) is 0. The SMILES string of the molecule is CN(C)C(=S)S[C@@H]1CCC[C@H]1O. The lowest BCUT2D eigenvalue weighted by atomic mass is 10.3. The topological polar surface area (TPSA) is 23.5 Å². The zero-order valence-electron chi connectivity index (χ0n) is 7.49. The number of hydrogen-bond acceptors (Lipinski definition) is 3. The highest BCUT2D eigenvalue weighted by atomic mass is 32.2. The molecule has 0 bridgehead atoms. The van der Waals surface area contributed by atoms with Crippen molar-refractivity contribution >= 4 is 28.3 Å². The van der Waals surface area contributed by atoms with Gasteiger partial charge in [-0.15, -0.1) is 0 Å². The normalized spacial score (nSPS) is 28.9. The van der Waals surface area contributed by atoms with Crippen LogP contribution in [0.3, 0.4) is 0 Å². The maximum Gasteiger partial charge on any atom is 0.136 e. The van der Waals surface area contributed by atoms with Crippen molar-refractivity contribution in [1.29, 1.82) is 0 Å². The van der Waals surface area contributed by atoms with Gasteiger partial charge >= 0.3 is 0 Å². The molecule has 0 heterocycles. The molecule has 0 radical (unpaired) electrons. The van der Waals surface area contributed by atoms with Crippen LogP contribution in [0, 0.1) is 0 Å². The largest absolute Gasteiger partial charge is 0.392 e. The van der Waals surface area contributed by atoms with Crippen molar-refractivity contribution in [2.45, 2.75) is 30.6 Å². The van der Waals surface area contributed by atoms with Crippen LogP contribution in [0.4, 0.5) is 0 Å². The summed E-state index contributed by atoms with van der Waals surface area (Å²) in [6.45, 7) is 0. The fourth-order valence-corrected chi connectivity index (χ4v) is 2.70. The van der Waals surface area contributed by atoms with Gasteiger partial charge in [0.2, 0.25) is 0 Å². The van der Waals surface area contributed by atoms with Gasteiger partial charge in [0.05, 0.1) is 6.10 Å². The molecule has 0 spiro atoms. The maximum absolute atomic E-state index is 9.52. The molecule has 1 fully saturated rings. The first kappa shape index (κ1) is 10.3. The number of thiocarbonyl (C=S) groups is 1. The minimum Gasteiger partial charge on any atom is -0.392 e. The Balaban J connectivity index is 2.35. The fourth-order valence-electron chi connectivity index (χ4n) is 1.28. The highest BCUT2D eigenvalue weighted by Gasteiger charge is 2.27. The molecule has 12 heavy (non-hydrogen) atoms. The molecule has 4 heteroatoms. The van der Waals surface area contributed by atoms with Crippen molar-refractivity contribution < 1.29 is 5.11 Å². The van der Waals surface area contributed by atoms with Crippen LogP contribution in [-0.2, 0) is 0 Å². The fraction of sp³-hybridized carbons (Fsp3) is 0.875. The van der Waals surface area contributed by atoms with E-state index in [0.29, 0.717) is 5.25 Å². The number of thioether (sulfide) groups is 1. The second kappa shape index (κ2) is 4.44. The van der Waals surface area contributed by atoms with Gasteiger partial charge in [-0.3, -0.25) is 0 Å². The summed E-state index contributed by atoms with van der Waals surface area (Å²) in [4.78, 5) is 1.92. The van der Waals surface area contributed by atoms with E-state index in [9.17, 15) is 5.11 Å². The molecule has 1 aliphatic rings.